The van der Waals surface area contributed by atoms with Crippen molar-refractivity contribution in [2.45, 2.75) is 19.7 Å². The van der Waals surface area contributed by atoms with Gasteiger partial charge in [0.05, 0.1) is 5.56 Å². The number of Topliss-reactive ketones (excluding diaryl/α,β-unsaturated/α-hetero) is 1. The van der Waals surface area contributed by atoms with Gasteiger partial charge >= 0.3 is 6.18 Å². The summed E-state index contributed by atoms with van der Waals surface area (Å²) in [7, 11) is 0. The first-order chi connectivity index (χ1) is 9.86. The van der Waals surface area contributed by atoms with Gasteiger partial charge in [-0.05, 0) is 36.8 Å². The first-order valence-corrected chi connectivity index (χ1v) is 6.26. The standard InChI is InChI=1S/C16H13F3O2/c1-11(20)13-5-3-7-15(9-13)21-10-12-4-2-6-14(8-12)16(17,18)19/h2-9H,10H2,1H3. The number of ether oxygens (including phenoxy) is 1. The molecule has 0 atom stereocenters. The highest BCUT2D eigenvalue weighted by Gasteiger charge is 2.30. The van der Waals surface area contributed by atoms with Crippen molar-refractivity contribution in [2.24, 2.45) is 0 Å². The lowest BCUT2D eigenvalue weighted by Crippen LogP contribution is -2.06. The van der Waals surface area contributed by atoms with Crippen molar-refractivity contribution in [3.63, 3.8) is 0 Å². The Morgan fingerprint density at radius 3 is 2.48 bits per heavy atom. The van der Waals surface area contributed by atoms with Crippen LogP contribution in [0, 0.1) is 0 Å². The van der Waals surface area contributed by atoms with Crippen LogP contribution < -0.4 is 4.74 Å². The number of carbonyl (C=O) groups is 1. The number of hydrogen-bond donors (Lipinski definition) is 0. The van der Waals surface area contributed by atoms with Gasteiger partial charge in [-0.2, -0.15) is 13.2 Å². The first kappa shape index (κ1) is 15.1. The van der Waals surface area contributed by atoms with Gasteiger partial charge < -0.3 is 4.74 Å². The van der Waals surface area contributed by atoms with Crippen LogP contribution in [0.1, 0.15) is 28.4 Å². The second kappa shape index (κ2) is 5.99. The third-order valence-corrected chi connectivity index (χ3v) is 2.90. The molecule has 5 heteroatoms. The number of rotatable bonds is 4. The Kier molecular flexibility index (Phi) is 4.31. The van der Waals surface area contributed by atoms with Gasteiger partial charge in [-0.15, -0.1) is 0 Å². The lowest BCUT2D eigenvalue weighted by Gasteiger charge is -2.10. The number of alkyl halides is 3. The van der Waals surface area contributed by atoms with Crippen LogP contribution in [0.4, 0.5) is 13.2 Å². The molecule has 0 aromatic heterocycles. The predicted octanol–water partition coefficient (Wildman–Crippen LogP) is 4.49. The van der Waals surface area contributed by atoms with E-state index in [9.17, 15) is 18.0 Å². The van der Waals surface area contributed by atoms with Crippen LogP contribution in [0.5, 0.6) is 5.75 Å². The van der Waals surface area contributed by atoms with Crippen LogP contribution in [0.2, 0.25) is 0 Å². The molecule has 0 N–H and O–H groups in total. The molecule has 0 fully saturated rings. The van der Waals surface area contributed by atoms with Crippen LogP contribution in [-0.4, -0.2) is 5.78 Å². The van der Waals surface area contributed by atoms with Crippen molar-refractivity contribution in [3.05, 3.63) is 65.2 Å². The highest BCUT2D eigenvalue weighted by molar-refractivity contribution is 5.94. The zero-order valence-corrected chi connectivity index (χ0v) is 11.3. The first-order valence-electron chi connectivity index (χ1n) is 6.26. The topological polar surface area (TPSA) is 26.3 Å². The van der Waals surface area contributed by atoms with Gasteiger partial charge in [0.15, 0.2) is 5.78 Å². The number of carbonyl (C=O) groups excluding carboxylic acids is 1. The third-order valence-electron chi connectivity index (χ3n) is 2.90. The van der Waals surface area contributed by atoms with E-state index in [0.717, 1.165) is 12.1 Å². The van der Waals surface area contributed by atoms with Crippen LogP contribution in [0.3, 0.4) is 0 Å². The van der Waals surface area contributed by atoms with Crippen molar-refractivity contribution in [2.75, 3.05) is 0 Å². The fraction of sp³-hybridized carbons (Fsp3) is 0.188. The predicted molar refractivity (Wildman–Crippen MR) is 72.2 cm³/mol. The quantitative estimate of drug-likeness (QED) is 0.777. The molecule has 21 heavy (non-hydrogen) atoms. The largest absolute Gasteiger partial charge is 0.489 e. The minimum Gasteiger partial charge on any atom is -0.489 e. The van der Waals surface area contributed by atoms with E-state index < -0.39 is 11.7 Å². The molecule has 110 valence electrons. The molecule has 2 aromatic rings. The van der Waals surface area contributed by atoms with Crippen LogP contribution >= 0.6 is 0 Å². The van der Waals surface area contributed by atoms with Gasteiger partial charge in [0.1, 0.15) is 12.4 Å². The highest BCUT2D eigenvalue weighted by Crippen LogP contribution is 2.29. The summed E-state index contributed by atoms with van der Waals surface area (Å²) in [5.74, 6) is 0.347. The van der Waals surface area contributed by atoms with Gasteiger partial charge in [-0.1, -0.05) is 24.3 Å². The number of ketones is 1. The molecule has 2 aromatic carbocycles. The second-order valence-electron chi connectivity index (χ2n) is 4.57. The minimum atomic E-state index is -4.37. The summed E-state index contributed by atoms with van der Waals surface area (Å²) in [4.78, 5) is 11.2. The zero-order chi connectivity index (χ0) is 15.5. The minimum absolute atomic E-state index is 0.00524. The summed E-state index contributed by atoms with van der Waals surface area (Å²) in [6.07, 6.45) is -4.37. The van der Waals surface area contributed by atoms with E-state index in [1.54, 1.807) is 30.3 Å². The molecule has 2 rings (SSSR count). The lowest BCUT2D eigenvalue weighted by molar-refractivity contribution is -0.137. The van der Waals surface area contributed by atoms with E-state index >= 15 is 0 Å². The van der Waals surface area contributed by atoms with E-state index in [1.165, 1.54) is 13.0 Å². The molecule has 0 saturated heterocycles. The van der Waals surface area contributed by atoms with Crippen molar-refractivity contribution >= 4 is 5.78 Å². The Morgan fingerprint density at radius 1 is 1.10 bits per heavy atom. The fourth-order valence-electron chi connectivity index (χ4n) is 1.81. The number of halogens is 3. The van der Waals surface area contributed by atoms with Gasteiger partial charge in [0.25, 0.3) is 0 Å². The molecular weight excluding hydrogens is 281 g/mol. The van der Waals surface area contributed by atoms with Crippen molar-refractivity contribution in [1.29, 1.82) is 0 Å². The normalized spacial score (nSPS) is 11.2. The Labute approximate surface area is 120 Å². The van der Waals surface area contributed by atoms with Crippen LogP contribution in [-0.2, 0) is 12.8 Å². The van der Waals surface area contributed by atoms with Gasteiger partial charge in [-0.3, -0.25) is 4.79 Å². The molecule has 0 aliphatic carbocycles. The summed E-state index contributed by atoms with van der Waals surface area (Å²) in [5.41, 5.74) is 0.204. The van der Waals surface area contributed by atoms with Crippen molar-refractivity contribution in [1.82, 2.24) is 0 Å². The molecule has 0 bridgehead atoms. The molecule has 0 radical (unpaired) electrons. The zero-order valence-electron chi connectivity index (χ0n) is 11.3. The molecule has 0 spiro atoms. The Morgan fingerprint density at radius 2 is 1.81 bits per heavy atom. The molecule has 0 amide bonds. The summed E-state index contributed by atoms with van der Waals surface area (Å²) < 4.78 is 43.2. The van der Waals surface area contributed by atoms with Gasteiger partial charge in [-0.25, -0.2) is 0 Å². The monoisotopic (exact) mass is 294 g/mol. The van der Waals surface area contributed by atoms with Crippen LogP contribution in [0.15, 0.2) is 48.5 Å². The van der Waals surface area contributed by atoms with Crippen molar-refractivity contribution in [3.8, 4) is 5.75 Å². The molecule has 0 saturated carbocycles. The van der Waals surface area contributed by atoms with Gasteiger partial charge in [0.2, 0.25) is 0 Å². The average Bonchev–Trinajstić information content (AvgIpc) is 2.45. The Balaban J connectivity index is 2.10. The van der Waals surface area contributed by atoms with Crippen LogP contribution in [0.25, 0.3) is 0 Å². The maximum atomic E-state index is 12.6. The van der Waals surface area contributed by atoms with E-state index in [2.05, 4.69) is 0 Å². The summed E-state index contributed by atoms with van der Waals surface area (Å²) in [6.45, 7) is 1.44. The number of benzene rings is 2. The van der Waals surface area contributed by atoms with E-state index in [-0.39, 0.29) is 12.4 Å². The molecule has 0 aliphatic rings. The van der Waals surface area contributed by atoms with Crippen molar-refractivity contribution < 1.29 is 22.7 Å². The lowest BCUT2D eigenvalue weighted by atomic mass is 10.1. The highest BCUT2D eigenvalue weighted by atomic mass is 19.4. The van der Waals surface area contributed by atoms with Gasteiger partial charge in [0, 0.05) is 5.56 Å². The maximum absolute atomic E-state index is 12.6. The smallest absolute Gasteiger partial charge is 0.416 e. The third kappa shape index (κ3) is 4.08. The summed E-state index contributed by atoms with van der Waals surface area (Å²) in [6, 6.07) is 11.5. The maximum Gasteiger partial charge on any atom is 0.416 e. The summed E-state index contributed by atoms with van der Waals surface area (Å²) >= 11 is 0. The fourth-order valence-corrected chi connectivity index (χ4v) is 1.81. The Hall–Kier alpha value is -2.30. The Bertz CT molecular complexity index is 648. The molecule has 2 nitrogen and oxygen atoms in total. The molecule has 0 heterocycles. The molecule has 0 unspecified atom stereocenters. The number of hydrogen-bond acceptors (Lipinski definition) is 2. The van der Waals surface area contributed by atoms with E-state index in [1.807, 2.05) is 0 Å². The van der Waals surface area contributed by atoms with E-state index in [0.29, 0.717) is 16.9 Å². The summed E-state index contributed by atoms with van der Waals surface area (Å²) in [5, 5.41) is 0. The van der Waals surface area contributed by atoms with E-state index in [4.69, 9.17) is 4.74 Å². The molecule has 0 aliphatic heterocycles. The molecular formula is C16H13F3O2. The average molecular weight is 294 g/mol. The second-order valence-corrected chi connectivity index (χ2v) is 4.57. The SMILES string of the molecule is CC(=O)c1cccc(OCc2cccc(C(F)(F)F)c2)c1.